The van der Waals surface area contributed by atoms with Gasteiger partial charge in [0.2, 0.25) is 0 Å². The molecule has 0 aliphatic heterocycles. The van der Waals surface area contributed by atoms with Gasteiger partial charge in [0, 0.05) is 0 Å². The van der Waals surface area contributed by atoms with E-state index in [0.717, 1.165) is 5.76 Å². The average Bonchev–Trinajstić information content (AvgIpc) is 2.30. The van der Waals surface area contributed by atoms with Crippen LogP contribution in [0.15, 0.2) is 49.3 Å². The predicted molar refractivity (Wildman–Crippen MR) is 81.2 cm³/mol. The van der Waals surface area contributed by atoms with Crippen LogP contribution < -0.4 is 0 Å². The Balaban J connectivity index is -0.000000275. The third-order valence-electron chi connectivity index (χ3n) is 1.24. The molecule has 0 aliphatic carbocycles. The van der Waals surface area contributed by atoms with E-state index in [1.54, 1.807) is 18.2 Å². The second-order valence-corrected chi connectivity index (χ2v) is 3.89. The van der Waals surface area contributed by atoms with Crippen LogP contribution in [-0.2, 0) is 4.74 Å². The van der Waals surface area contributed by atoms with Crippen molar-refractivity contribution in [1.82, 2.24) is 0 Å². The lowest BCUT2D eigenvalue weighted by atomic mass is 10.2. The van der Waals surface area contributed by atoms with Gasteiger partial charge < -0.3 is 4.74 Å². The van der Waals surface area contributed by atoms with Crippen molar-refractivity contribution in [3.8, 4) is 0 Å². The fourth-order valence-corrected chi connectivity index (χ4v) is 0.613. The Morgan fingerprint density at radius 3 is 1.59 bits per heavy atom. The molecular weight excluding hydrogens is 208 g/mol. The van der Waals surface area contributed by atoms with Crippen molar-refractivity contribution >= 4 is 0 Å². The van der Waals surface area contributed by atoms with Gasteiger partial charge in [-0.25, -0.2) is 0 Å². The van der Waals surface area contributed by atoms with Crippen molar-refractivity contribution in [2.24, 2.45) is 0 Å². The minimum Gasteiger partial charge on any atom is -0.488 e. The molecule has 0 atom stereocenters. The van der Waals surface area contributed by atoms with Crippen LogP contribution >= 0.6 is 0 Å². The molecule has 17 heavy (non-hydrogen) atoms. The second kappa shape index (κ2) is 14.8. The zero-order valence-electron chi connectivity index (χ0n) is 12.7. The van der Waals surface area contributed by atoms with Gasteiger partial charge in [-0.1, -0.05) is 45.2 Å². The smallest absolute Gasteiger partial charge is 0.119 e. The van der Waals surface area contributed by atoms with E-state index in [-0.39, 0.29) is 5.60 Å². The first-order chi connectivity index (χ1) is 7.91. The van der Waals surface area contributed by atoms with Crippen LogP contribution in [0.4, 0.5) is 0 Å². The first-order valence-corrected chi connectivity index (χ1v) is 6.12. The Morgan fingerprint density at radius 1 is 1.00 bits per heavy atom. The number of hydrogen-bond donors (Lipinski definition) is 0. The minimum absolute atomic E-state index is 0.164. The maximum Gasteiger partial charge on any atom is 0.119 e. The molecule has 0 saturated carbocycles. The lowest BCUT2D eigenvalue weighted by molar-refractivity contribution is 0.0601. The van der Waals surface area contributed by atoms with Crippen LogP contribution in [0.3, 0.4) is 0 Å². The van der Waals surface area contributed by atoms with Crippen molar-refractivity contribution in [3.63, 3.8) is 0 Å². The first-order valence-electron chi connectivity index (χ1n) is 6.12. The van der Waals surface area contributed by atoms with Gasteiger partial charge in [-0.05, 0) is 46.8 Å². The summed E-state index contributed by atoms with van der Waals surface area (Å²) in [6.07, 6.45) is 9.15. The zero-order chi connectivity index (χ0) is 14.3. The molecule has 0 spiro atoms. The highest BCUT2D eigenvalue weighted by molar-refractivity contribution is 5.15. The molecule has 0 rings (SSSR count). The molecule has 0 heterocycles. The molecule has 0 N–H and O–H groups in total. The van der Waals surface area contributed by atoms with E-state index in [0.29, 0.717) is 0 Å². The van der Waals surface area contributed by atoms with Gasteiger partial charge in [0.05, 0.1) is 0 Å². The predicted octanol–water partition coefficient (Wildman–Crippen LogP) is 5.67. The Kier molecular flexibility index (Phi) is 18.3. The van der Waals surface area contributed by atoms with Gasteiger partial charge >= 0.3 is 0 Å². The summed E-state index contributed by atoms with van der Waals surface area (Å²) in [5.41, 5.74) is -0.164. The maximum absolute atomic E-state index is 5.50. The average molecular weight is 238 g/mol. The topological polar surface area (TPSA) is 9.23 Å². The summed E-state index contributed by atoms with van der Waals surface area (Å²) in [7, 11) is 0. The van der Waals surface area contributed by atoms with E-state index in [2.05, 4.69) is 13.2 Å². The largest absolute Gasteiger partial charge is 0.488 e. The molecule has 0 radical (unpaired) electrons. The molecule has 0 aromatic rings. The van der Waals surface area contributed by atoms with Gasteiger partial charge in [-0.3, -0.25) is 0 Å². The van der Waals surface area contributed by atoms with Crippen molar-refractivity contribution in [2.75, 3.05) is 0 Å². The zero-order valence-corrected chi connectivity index (χ0v) is 12.7. The normalized spacial score (nSPS) is 10.6. The number of ether oxygens (including phenoxy) is 1. The molecule has 0 saturated heterocycles. The van der Waals surface area contributed by atoms with Gasteiger partial charge in [0.15, 0.2) is 0 Å². The highest BCUT2D eigenvalue weighted by atomic mass is 16.5. The third-order valence-corrected chi connectivity index (χ3v) is 1.24. The molecule has 1 heteroatoms. The van der Waals surface area contributed by atoms with Crippen LogP contribution in [0.1, 0.15) is 48.5 Å². The lowest BCUT2D eigenvalue weighted by Crippen LogP contribution is -2.17. The lowest BCUT2D eigenvalue weighted by Gasteiger charge is -2.21. The van der Waals surface area contributed by atoms with Crippen LogP contribution in [0, 0.1) is 0 Å². The second-order valence-electron chi connectivity index (χ2n) is 3.89. The van der Waals surface area contributed by atoms with Crippen molar-refractivity contribution in [1.29, 1.82) is 0 Å². The summed E-state index contributed by atoms with van der Waals surface area (Å²) in [6, 6.07) is 0. The fourth-order valence-electron chi connectivity index (χ4n) is 0.613. The molecule has 0 fully saturated rings. The van der Waals surface area contributed by atoms with E-state index in [1.807, 2.05) is 60.6 Å². The maximum atomic E-state index is 5.50. The van der Waals surface area contributed by atoms with Crippen LogP contribution in [0.25, 0.3) is 0 Å². The molecule has 100 valence electrons. The van der Waals surface area contributed by atoms with Gasteiger partial charge in [0.25, 0.3) is 0 Å². The molecule has 0 aromatic heterocycles. The monoisotopic (exact) mass is 238 g/mol. The van der Waals surface area contributed by atoms with Gasteiger partial charge in [-0.15, -0.1) is 0 Å². The molecule has 0 unspecified atom stereocenters. The van der Waals surface area contributed by atoms with Crippen LogP contribution in [0.5, 0.6) is 0 Å². The van der Waals surface area contributed by atoms with E-state index in [1.165, 1.54) is 0 Å². The molecule has 1 nitrogen and oxygen atoms in total. The van der Waals surface area contributed by atoms with Crippen LogP contribution in [0.2, 0.25) is 0 Å². The highest BCUT2D eigenvalue weighted by Crippen LogP contribution is 2.13. The summed E-state index contributed by atoms with van der Waals surface area (Å²) in [5.74, 6) is 0.757. The van der Waals surface area contributed by atoms with Gasteiger partial charge in [0.1, 0.15) is 11.4 Å². The molecule has 0 aliphatic rings. The molecular formula is C16H30O. The van der Waals surface area contributed by atoms with E-state index < -0.39 is 0 Å². The van der Waals surface area contributed by atoms with Crippen molar-refractivity contribution < 1.29 is 4.74 Å². The molecule has 0 amide bonds. The quantitative estimate of drug-likeness (QED) is 0.350. The number of hydrogen-bond acceptors (Lipinski definition) is 1. The standard InChI is InChI=1S/C10H16O.C4H8.C2H6/c1-6-8-9(7-2)11-10(3,4)5;1-3-4-2;1-2/h6-8H,1-2H2,3-5H3;3-4H,1-2H3;1-2H3/b9-8+;4-3-;. The highest BCUT2D eigenvalue weighted by Gasteiger charge is 2.10. The minimum atomic E-state index is -0.164. The summed E-state index contributed by atoms with van der Waals surface area (Å²) in [4.78, 5) is 0. The van der Waals surface area contributed by atoms with Crippen molar-refractivity contribution in [2.45, 2.75) is 54.1 Å². The van der Waals surface area contributed by atoms with E-state index >= 15 is 0 Å². The van der Waals surface area contributed by atoms with Gasteiger partial charge in [-0.2, -0.15) is 0 Å². The molecule has 0 aromatic carbocycles. The summed E-state index contributed by atoms with van der Waals surface area (Å²) >= 11 is 0. The van der Waals surface area contributed by atoms with E-state index in [4.69, 9.17) is 4.74 Å². The summed E-state index contributed by atoms with van der Waals surface area (Å²) in [6.45, 7) is 21.2. The fraction of sp³-hybridized carbons (Fsp3) is 0.500. The third kappa shape index (κ3) is 25.2. The Labute approximate surface area is 109 Å². The summed E-state index contributed by atoms with van der Waals surface area (Å²) in [5, 5.41) is 0. The number of allylic oxidation sites excluding steroid dienone is 5. The van der Waals surface area contributed by atoms with E-state index in [9.17, 15) is 0 Å². The SMILES string of the molecule is C/C=C\C.C=C/C=C(\C=C)OC(C)(C)C.CC. The number of rotatable bonds is 3. The van der Waals surface area contributed by atoms with Crippen LogP contribution in [-0.4, -0.2) is 5.60 Å². The first kappa shape index (κ1) is 21.1. The van der Waals surface area contributed by atoms with Crippen molar-refractivity contribution in [3.05, 3.63) is 49.3 Å². The Morgan fingerprint density at radius 2 is 1.41 bits per heavy atom. The Hall–Kier alpha value is -1.24. The molecule has 0 bridgehead atoms. The summed E-state index contributed by atoms with van der Waals surface area (Å²) < 4.78 is 5.50. The Bertz CT molecular complexity index is 222.